The number of carboxylic acids is 1. The predicted octanol–water partition coefficient (Wildman–Crippen LogP) is 2.82. The smallest absolute Gasteiger partial charge is 0.329 e. The Hall–Kier alpha value is -4.99. The summed E-state index contributed by atoms with van der Waals surface area (Å²) in [5.74, 6) is -2.97. The monoisotopic (exact) mass is 570 g/mol. The molecule has 0 aliphatic carbocycles. The van der Waals surface area contributed by atoms with E-state index in [0.717, 1.165) is 10.1 Å². The van der Waals surface area contributed by atoms with E-state index in [1.165, 1.54) is 0 Å². The molecule has 4 aromatic rings. The molecule has 0 bridgehead atoms. The van der Waals surface area contributed by atoms with E-state index in [4.69, 9.17) is 0 Å². The Morgan fingerprint density at radius 2 is 1.38 bits per heavy atom. The molecule has 4 atom stereocenters. The van der Waals surface area contributed by atoms with Gasteiger partial charge in [-0.25, -0.2) is 14.2 Å². The number of fused-ring (bicyclic) bond motifs is 1. The van der Waals surface area contributed by atoms with Crippen molar-refractivity contribution in [2.75, 3.05) is 0 Å². The summed E-state index contributed by atoms with van der Waals surface area (Å²) in [6.45, 7) is 3.61. The lowest BCUT2D eigenvalue weighted by molar-refractivity contribution is -0.142. The van der Waals surface area contributed by atoms with Crippen molar-refractivity contribution in [1.82, 2.24) is 20.2 Å². The number of aliphatic carboxylic acids is 1. The van der Waals surface area contributed by atoms with Gasteiger partial charge in [0.25, 0.3) is 5.56 Å². The van der Waals surface area contributed by atoms with Crippen LogP contribution in [0.15, 0.2) is 94.5 Å². The fraction of sp³-hybridized carbons (Fsp3) is 0.281. The molecule has 10 heteroatoms. The minimum absolute atomic E-state index is 0.00854. The average molecular weight is 571 g/mol. The number of hydrogen-bond donors (Lipinski definition) is 4. The Labute approximate surface area is 242 Å². The number of aromatic nitrogens is 2. The number of carbonyl (C=O) groups excluding carboxylic acids is 2. The van der Waals surface area contributed by atoms with E-state index in [9.17, 15) is 29.1 Å². The molecule has 0 radical (unpaired) electrons. The molecule has 4 N–H and O–H groups in total. The summed E-state index contributed by atoms with van der Waals surface area (Å²) in [5, 5.41) is 15.4. The molecule has 2 amide bonds. The molecule has 1 heterocycles. The third-order valence-electron chi connectivity index (χ3n) is 7.41. The predicted molar refractivity (Wildman–Crippen MR) is 159 cm³/mol. The van der Waals surface area contributed by atoms with Crippen molar-refractivity contribution in [3.63, 3.8) is 0 Å². The maximum atomic E-state index is 13.9. The number of nitrogens with one attached hydrogen (secondary N) is 3. The highest BCUT2D eigenvalue weighted by atomic mass is 16.4. The number of rotatable bonds is 12. The number of amides is 2. The molecule has 10 nitrogen and oxygen atoms in total. The summed E-state index contributed by atoms with van der Waals surface area (Å²) >= 11 is 0. The van der Waals surface area contributed by atoms with Crippen molar-refractivity contribution in [1.29, 1.82) is 0 Å². The maximum absolute atomic E-state index is 13.9. The zero-order valence-corrected chi connectivity index (χ0v) is 23.4. The van der Waals surface area contributed by atoms with Gasteiger partial charge in [0.15, 0.2) is 0 Å². The molecule has 0 saturated heterocycles. The van der Waals surface area contributed by atoms with Gasteiger partial charge in [-0.1, -0.05) is 93.1 Å². The summed E-state index contributed by atoms with van der Waals surface area (Å²) in [6, 6.07) is 20.7. The van der Waals surface area contributed by atoms with Crippen molar-refractivity contribution >= 4 is 28.7 Å². The second-order valence-corrected chi connectivity index (χ2v) is 10.3. The second kappa shape index (κ2) is 13.6. The molecule has 0 spiro atoms. The zero-order valence-electron chi connectivity index (χ0n) is 23.4. The van der Waals surface area contributed by atoms with Crippen LogP contribution in [0.3, 0.4) is 0 Å². The van der Waals surface area contributed by atoms with Gasteiger partial charge >= 0.3 is 11.7 Å². The first kappa shape index (κ1) is 30.0. The molecular formula is C32H34N4O6. The molecule has 4 rings (SSSR count). The number of benzene rings is 3. The van der Waals surface area contributed by atoms with Crippen LogP contribution in [0.4, 0.5) is 0 Å². The van der Waals surface area contributed by atoms with Gasteiger partial charge in [0.1, 0.15) is 18.1 Å². The molecule has 42 heavy (non-hydrogen) atoms. The minimum Gasteiger partial charge on any atom is -0.480 e. The van der Waals surface area contributed by atoms with E-state index in [2.05, 4.69) is 15.6 Å². The maximum Gasteiger partial charge on any atom is 0.329 e. The van der Waals surface area contributed by atoms with Gasteiger partial charge in [-0.15, -0.1) is 0 Å². The Morgan fingerprint density at radius 1 is 0.810 bits per heavy atom. The van der Waals surface area contributed by atoms with Crippen LogP contribution < -0.4 is 21.9 Å². The highest BCUT2D eigenvalue weighted by molar-refractivity contribution is 5.92. The van der Waals surface area contributed by atoms with Crippen molar-refractivity contribution in [3.8, 4) is 0 Å². The fourth-order valence-corrected chi connectivity index (χ4v) is 4.86. The van der Waals surface area contributed by atoms with E-state index in [1.54, 1.807) is 79.7 Å². The number of hydrogen-bond acceptors (Lipinski definition) is 5. The number of aromatic amines is 1. The summed E-state index contributed by atoms with van der Waals surface area (Å²) in [4.78, 5) is 68.8. The van der Waals surface area contributed by atoms with Crippen LogP contribution >= 0.6 is 0 Å². The van der Waals surface area contributed by atoms with E-state index >= 15 is 0 Å². The number of nitrogens with zero attached hydrogens (tertiary/aromatic N) is 1. The lowest BCUT2D eigenvalue weighted by Gasteiger charge is -2.28. The van der Waals surface area contributed by atoms with Crippen LogP contribution in [-0.4, -0.2) is 44.5 Å². The Bertz CT molecular complexity index is 1670. The fourth-order valence-electron chi connectivity index (χ4n) is 4.86. The van der Waals surface area contributed by atoms with Gasteiger partial charge in [0.2, 0.25) is 11.8 Å². The molecule has 0 saturated carbocycles. The highest BCUT2D eigenvalue weighted by Crippen LogP contribution is 2.16. The molecule has 0 fully saturated rings. The molecule has 0 unspecified atom stereocenters. The summed E-state index contributed by atoms with van der Waals surface area (Å²) < 4.78 is 0.881. The lowest BCUT2D eigenvalue weighted by Crippen LogP contribution is -2.56. The number of carboxylic acid groups (broad SMARTS) is 1. The summed E-state index contributed by atoms with van der Waals surface area (Å²) in [7, 11) is 0. The van der Waals surface area contributed by atoms with Crippen molar-refractivity contribution < 1.29 is 19.5 Å². The summed E-state index contributed by atoms with van der Waals surface area (Å²) in [5.41, 5.74) is 0.386. The largest absolute Gasteiger partial charge is 0.480 e. The topological polar surface area (TPSA) is 150 Å². The first-order valence-electron chi connectivity index (χ1n) is 13.8. The first-order chi connectivity index (χ1) is 20.2. The number of carbonyl (C=O) groups is 3. The Morgan fingerprint density at radius 3 is 1.98 bits per heavy atom. The van der Waals surface area contributed by atoms with Crippen LogP contribution in [0.1, 0.15) is 37.4 Å². The van der Waals surface area contributed by atoms with E-state index in [0.29, 0.717) is 17.5 Å². The van der Waals surface area contributed by atoms with Gasteiger partial charge in [0.05, 0.1) is 10.9 Å². The molecule has 218 valence electrons. The molecule has 0 aliphatic rings. The highest BCUT2D eigenvalue weighted by Gasteiger charge is 2.33. The quantitative estimate of drug-likeness (QED) is 0.206. The summed E-state index contributed by atoms with van der Waals surface area (Å²) in [6.07, 6.45) is 0.560. The molecular weight excluding hydrogens is 536 g/mol. The number of para-hydroxylation sites is 1. The van der Waals surface area contributed by atoms with Crippen LogP contribution in [0.5, 0.6) is 0 Å². The molecule has 1 aromatic heterocycles. The Kier molecular flexibility index (Phi) is 9.69. The first-order valence-corrected chi connectivity index (χ1v) is 13.8. The SMILES string of the molecule is CC[C@H](C)[C@H](NC(=O)[C@@H](Cc1ccccc1)n1c(=O)[nH]c2ccccc2c1=O)C(=O)N[C@H](Cc1ccccc1)C(=O)O. The third kappa shape index (κ3) is 7.01. The van der Waals surface area contributed by atoms with Crippen molar-refractivity contribution in [3.05, 3.63) is 117 Å². The molecule has 0 aliphatic heterocycles. The lowest BCUT2D eigenvalue weighted by atomic mass is 9.96. The Balaban J connectivity index is 1.67. The van der Waals surface area contributed by atoms with Crippen molar-refractivity contribution in [2.24, 2.45) is 5.92 Å². The van der Waals surface area contributed by atoms with Gasteiger partial charge in [-0.05, 0) is 29.2 Å². The van der Waals surface area contributed by atoms with Crippen LogP contribution in [-0.2, 0) is 27.2 Å². The van der Waals surface area contributed by atoms with Gasteiger partial charge in [-0.3, -0.25) is 14.4 Å². The normalized spacial score (nSPS) is 14.0. The van der Waals surface area contributed by atoms with Crippen LogP contribution in [0.25, 0.3) is 10.9 Å². The third-order valence-corrected chi connectivity index (χ3v) is 7.41. The average Bonchev–Trinajstić information content (AvgIpc) is 2.99. The zero-order chi connectivity index (χ0) is 30.2. The molecule has 3 aromatic carbocycles. The van der Waals surface area contributed by atoms with Gasteiger partial charge < -0.3 is 20.7 Å². The standard InChI is InChI=1S/C32H34N4O6/c1-3-20(2)27(29(38)33-25(31(40)41)18-21-12-6-4-7-13-21)35-28(37)26(19-22-14-8-5-9-15-22)36-30(39)23-16-10-11-17-24(23)34-32(36)42/h4-17,20,25-27H,3,18-19H2,1-2H3,(H,33,38)(H,34,42)(H,35,37)(H,40,41)/t20-,25+,26+,27-/m0/s1. The van der Waals surface area contributed by atoms with E-state index in [-0.39, 0.29) is 24.1 Å². The van der Waals surface area contributed by atoms with Crippen LogP contribution in [0, 0.1) is 5.92 Å². The van der Waals surface area contributed by atoms with Gasteiger partial charge in [-0.2, -0.15) is 0 Å². The second-order valence-electron chi connectivity index (χ2n) is 10.3. The number of H-pyrrole nitrogens is 1. The van der Waals surface area contributed by atoms with E-state index in [1.807, 2.05) is 19.1 Å². The minimum atomic E-state index is -1.28. The van der Waals surface area contributed by atoms with E-state index < -0.39 is 47.2 Å². The van der Waals surface area contributed by atoms with Gasteiger partial charge in [0, 0.05) is 12.8 Å². The van der Waals surface area contributed by atoms with Crippen molar-refractivity contribution in [2.45, 2.75) is 51.2 Å². The van der Waals surface area contributed by atoms with Crippen LogP contribution in [0.2, 0.25) is 0 Å².